The molecule has 0 atom stereocenters. The van der Waals surface area contributed by atoms with Crippen LogP contribution in [0.25, 0.3) is 0 Å². The van der Waals surface area contributed by atoms with Crippen molar-refractivity contribution in [1.29, 1.82) is 0 Å². The summed E-state index contributed by atoms with van der Waals surface area (Å²) >= 11 is 0. The normalized spacial score (nSPS) is 10.9. The average molecular weight is 158 g/mol. The molecule has 0 fully saturated rings. The maximum absolute atomic E-state index is 3.38. The number of rotatable bonds is 7. The first-order chi connectivity index (χ1) is 5.27. The van der Waals surface area contributed by atoms with Gasteiger partial charge >= 0.3 is 0 Å². The van der Waals surface area contributed by atoms with E-state index in [1.807, 2.05) is 0 Å². The Morgan fingerprint density at radius 1 is 1.09 bits per heavy atom. The van der Waals surface area contributed by atoms with E-state index in [-0.39, 0.29) is 0 Å². The van der Waals surface area contributed by atoms with Crippen molar-refractivity contribution in [3.63, 3.8) is 0 Å². The number of nitrogens with one attached hydrogen (secondary N) is 2. The summed E-state index contributed by atoms with van der Waals surface area (Å²) in [6.45, 7) is 9.90. The maximum Gasteiger partial charge on any atom is 0.00790 e. The molecule has 0 aliphatic carbocycles. The molecule has 0 aromatic heterocycles. The Balaban J connectivity index is 2.80. The second kappa shape index (κ2) is 8.02. The van der Waals surface area contributed by atoms with E-state index in [0.717, 1.165) is 19.6 Å². The molecular formula is C9H22N2. The Kier molecular flexibility index (Phi) is 7.96. The van der Waals surface area contributed by atoms with Crippen molar-refractivity contribution in [1.82, 2.24) is 10.6 Å². The molecule has 0 heterocycles. The molecule has 0 aromatic carbocycles. The van der Waals surface area contributed by atoms with Crippen LogP contribution in [0.1, 0.15) is 33.6 Å². The zero-order valence-electron chi connectivity index (χ0n) is 8.11. The van der Waals surface area contributed by atoms with E-state index in [1.54, 1.807) is 0 Å². The van der Waals surface area contributed by atoms with Gasteiger partial charge in [-0.1, -0.05) is 27.2 Å². The van der Waals surface area contributed by atoms with Gasteiger partial charge in [0.15, 0.2) is 0 Å². The van der Waals surface area contributed by atoms with Gasteiger partial charge in [-0.2, -0.15) is 0 Å². The van der Waals surface area contributed by atoms with Gasteiger partial charge in [0.2, 0.25) is 0 Å². The lowest BCUT2D eigenvalue weighted by Crippen LogP contribution is -2.31. The van der Waals surface area contributed by atoms with Crippen LogP contribution in [-0.4, -0.2) is 25.7 Å². The highest BCUT2D eigenvalue weighted by molar-refractivity contribution is 4.55. The smallest absolute Gasteiger partial charge is 0.00790 e. The fourth-order valence-corrected chi connectivity index (χ4v) is 0.876. The maximum atomic E-state index is 3.38. The summed E-state index contributed by atoms with van der Waals surface area (Å²) < 4.78 is 0. The van der Waals surface area contributed by atoms with E-state index >= 15 is 0 Å². The van der Waals surface area contributed by atoms with Crippen LogP contribution in [0.15, 0.2) is 0 Å². The summed E-state index contributed by atoms with van der Waals surface area (Å²) in [6, 6.07) is 0.614. The lowest BCUT2D eigenvalue weighted by Gasteiger charge is -2.08. The minimum atomic E-state index is 0.614. The Morgan fingerprint density at radius 2 is 1.82 bits per heavy atom. The monoisotopic (exact) mass is 158 g/mol. The first kappa shape index (κ1) is 10.9. The first-order valence-electron chi connectivity index (χ1n) is 4.71. The number of hydrogen-bond donors (Lipinski definition) is 2. The third kappa shape index (κ3) is 9.92. The third-order valence-electron chi connectivity index (χ3n) is 1.56. The molecule has 0 spiro atoms. The van der Waals surface area contributed by atoms with Crippen molar-refractivity contribution in [3.8, 4) is 0 Å². The highest BCUT2D eigenvalue weighted by Gasteiger charge is 1.89. The van der Waals surface area contributed by atoms with Gasteiger partial charge in [0.05, 0.1) is 0 Å². The molecule has 2 N–H and O–H groups in total. The van der Waals surface area contributed by atoms with E-state index in [9.17, 15) is 0 Å². The summed E-state index contributed by atoms with van der Waals surface area (Å²) in [5.41, 5.74) is 0. The van der Waals surface area contributed by atoms with E-state index < -0.39 is 0 Å². The standard InChI is InChI=1S/C9H22N2/c1-4-5-6-10-7-8-11-9(2)3/h9-11H,4-8H2,1-3H3. The van der Waals surface area contributed by atoms with Gasteiger partial charge in [0, 0.05) is 19.1 Å². The predicted octanol–water partition coefficient (Wildman–Crippen LogP) is 1.37. The van der Waals surface area contributed by atoms with Crippen molar-refractivity contribution < 1.29 is 0 Å². The Labute approximate surface area is 70.8 Å². The van der Waals surface area contributed by atoms with Gasteiger partial charge < -0.3 is 10.6 Å². The molecule has 0 bridgehead atoms. The molecule has 0 rings (SSSR count). The van der Waals surface area contributed by atoms with E-state index in [2.05, 4.69) is 31.4 Å². The van der Waals surface area contributed by atoms with Crippen molar-refractivity contribution in [3.05, 3.63) is 0 Å². The first-order valence-corrected chi connectivity index (χ1v) is 4.71. The van der Waals surface area contributed by atoms with Crippen molar-refractivity contribution >= 4 is 0 Å². The average Bonchev–Trinajstić information content (AvgIpc) is 1.96. The van der Waals surface area contributed by atoms with Gasteiger partial charge in [-0.15, -0.1) is 0 Å². The van der Waals surface area contributed by atoms with Crippen LogP contribution < -0.4 is 10.6 Å². The molecule has 11 heavy (non-hydrogen) atoms. The van der Waals surface area contributed by atoms with Crippen molar-refractivity contribution in [2.75, 3.05) is 19.6 Å². The van der Waals surface area contributed by atoms with Crippen LogP contribution >= 0.6 is 0 Å². The quantitative estimate of drug-likeness (QED) is 0.547. The molecule has 0 saturated heterocycles. The molecule has 0 radical (unpaired) electrons. The van der Waals surface area contributed by atoms with Gasteiger partial charge in [-0.25, -0.2) is 0 Å². The van der Waals surface area contributed by atoms with Gasteiger partial charge in [0.25, 0.3) is 0 Å². The molecule has 2 nitrogen and oxygen atoms in total. The van der Waals surface area contributed by atoms with Crippen LogP contribution in [0.2, 0.25) is 0 Å². The molecule has 0 aromatic rings. The fourth-order valence-electron chi connectivity index (χ4n) is 0.876. The summed E-state index contributed by atoms with van der Waals surface area (Å²) in [6.07, 6.45) is 2.58. The van der Waals surface area contributed by atoms with E-state index in [4.69, 9.17) is 0 Å². The zero-order valence-corrected chi connectivity index (χ0v) is 8.11. The lowest BCUT2D eigenvalue weighted by molar-refractivity contribution is 0.549. The lowest BCUT2D eigenvalue weighted by atomic mass is 10.3. The van der Waals surface area contributed by atoms with Crippen LogP contribution in [0.5, 0.6) is 0 Å². The summed E-state index contributed by atoms with van der Waals surface area (Å²) in [7, 11) is 0. The minimum Gasteiger partial charge on any atom is -0.315 e. The Morgan fingerprint density at radius 3 is 2.36 bits per heavy atom. The van der Waals surface area contributed by atoms with Crippen LogP contribution in [0.4, 0.5) is 0 Å². The van der Waals surface area contributed by atoms with E-state index in [1.165, 1.54) is 12.8 Å². The molecule has 0 aliphatic rings. The van der Waals surface area contributed by atoms with Crippen LogP contribution in [-0.2, 0) is 0 Å². The van der Waals surface area contributed by atoms with Gasteiger partial charge in [0.1, 0.15) is 0 Å². The number of unbranched alkanes of at least 4 members (excludes halogenated alkanes) is 1. The second-order valence-corrected chi connectivity index (χ2v) is 3.21. The zero-order chi connectivity index (χ0) is 8.53. The molecule has 0 aliphatic heterocycles. The van der Waals surface area contributed by atoms with Gasteiger partial charge in [-0.3, -0.25) is 0 Å². The molecule has 0 unspecified atom stereocenters. The van der Waals surface area contributed by atoms with Crippen LogP contribution in [0, 0.1) is 0 Å². The molecule has 0 saturated carbocycles. The number of hydrogen-bond acceptors (Lipinski definition) is 2. The SMILES string of the molecule is CCCCNCCNC(C)C. The van der Waals surface area contributed by atoms with E-state index in [0.29, 0.717) is 6.04 Å². The van der Waals surface area contributed by atoms with Crippen molar-refractivity contribution in [2.24, 2.45) is 0 Å². The molecule has 2 heteroatoms. The Hall–Kier alpha value is -0.0800. The predicted molar refractivity (Wildman–Crippen MR) is 50.9 cm³/mol. The largest absolute Gasteiger partial charge is 0.315 e. The van der Waals surface area contributed by atoms with Gasteiger partial charge in [-0.05, 0) is 13.0 Å². The highest BCUT2D eigenvalue weighted by atomic mass is 14.9. The summed E-state index contributed by atoms with van der Waals surface area (Å²) in [5, 5.41) is 6.74. The van der Waals surface area contributed by atoms with Crippen molar-refractivity contribution in [2.45, 2.75) is 39.7 Å². The topological polar surface area (TPSA) is 24.1 Å². The highest BCUT2D eigenvalue weighted by Crippen LogP contribution is 1.81. The Bertz CT molecular complexity index is 72.0. The summed E-state index contributed by atoms with van der Waals surface area (Å²) in [4.78, 5) is 0. The summed E-state index contributed by atoms with van der Waals surface area (Å²) in [5.74, 6) is 0. The third-order valence-corrected chi connectivity index (χ3v) is 1.56. The molecular weight excluding hydrogens is 136 g/mol. The second-order valence-electron chi connectivity index (χ2n) is 3.21. The molecule has 68 valence electrons. The molecule has 0 amide bonds. The fraction of sp³-hybridized carbons (Fsp3) is 1.00. The van der Waals surface area contributed by atoms with Crippen LogP contribution in [0.3, 0.4) is 0 Å². The minimum absolute atomic E-state index is 0.614.